The molecule has 0 saturated carbocycles. The molecule has 2 heterocycles. The summed E-state index contributed by atoms with van der Waals surface area (Å²) >= 11 is 0. The number of carbonyl (C=O) groups is 2. The lowest BCUT2D eigenvalue weighted by Gasteiger charge is -2.22. The van der Waals surface area contributed by atoms with Gasteiger partial charge in [0.1, 0.15) is 18.0 Å². The Morgan fingerprint density at radius 1 is 1.28 bits per heavy atom. The van der Waals surface area contributed by atoms with Gasteiger partial charge in [0.25, 0.3) is 0 Å². The third-order valence-electron chi connectivity index (χ3n) is 4.24. The maximum absolute atomic E-state index is 12.1. The van der Waals surface area contributed by atoms with Gasteiger partial charge in [0, 0.05) is 22.6 Å². The second kappa shape index (κ2) is 7.81. The highest BCUT2D eigenvalue weighted by atomic mass is 16.5. The number of nitrogens with one attached hydrogen (secondary N) is 2. The number of aliphatic hydroxyl groups is 1. The lowest BCUT2D eigenvalue weighted by atomic mass is 9.96. The van der Waals surface area contributed by atoms with E-state index in [0.717, 1.165) is 0 Å². The molecule has 0 radical (unpaired) electrons. The lowest BCUT2D eigenvalue weighted by Crippen LogP contribution is -2.27. The molecular weight excluding hydrogens is 372 g/mol. The summed E-state index contributed by atoms with van der Waals surface area (Å²) in [5, 5.41) is 13.4. The molecule has 0 fully saturated rings. The van der Waals surface area contributed by atoms with E-state index in [1.165, 1.54) is 18.3 Å². The number of ether oxygens (including phenoxy) is 1. The zero-order valence-corrected chi connectivity index (χ0v) is 16.6. The standard InChI is InChI=1S/C21H22N4O4/c1-21(2,3)20(28)24-16-11-15-17(23-16)22-12-25(18(15)26)10-9-13-5-7-14(8-6-13)19(27)29-4/h5-8,11-12,18,23,26H,1-4H3,(H,24,28). The van der Waals surface area contributed by atoms with Crippen molar-refractivity contribution in [1.82, 2.24) is 9.88 Å². The molecule has 1 aromatic heterocycles. The normalized spacial score (nSPS) is 15.2. The fourth-order valence-electron chi connectivity index (χ4n) is 2.50. The summed E-state index contributed by atoms with van der Waals surface area (Å²) in [4.78, 5) is 32.2. The van der Waals surface area contributed by atoms with Crippen LogP contribution in [0.5, 0.6) is 0 Å². The Balaban J connectivity index is 1.74. The molecule has 0 saturated heterocycles. The van der Waals surface area contributed by atoms with Crippen LogP contribution < -0.4 is 5.32 Å². The number of amides is 1. The zero-order valence-electron chi connectivity index (χ0n) is 16.6. The van der Waals surface area contributed by atoms with Gasteiger partial charge in [-0.3, -0.25) is 9.69 Å². The molecule has 1 aromatic carbocycles. The van der Waals surface area contributed by atoms with Gasteiger partial charge in [0.15, 0.2) is 6.23 Å². The van der Waals surface area contributed by atoms with E-state index in [1.54, 1.807) is 30.3 Å². The zero-order chi connectivity index (χ0) is 21.2. The van der Waals surface area contributed by atoms with Gasteiger partial charge in [-0.15, -0.1) is 0 Å². The largest absolute Gasteiger partial charge is 0.465 e. The van der Waals surface area contributed by atoms with Crippen LogP contribution in [-0.2, 0) is 9.53 Å². The summed E-state index contributed by atoms with van der Waals surface area (Å²) in [6.07, 6.45) is 0.371. The van der Waals surface area contributed by atoms with Crippen LogP contribution in [0, 0.1) is 17.4 Å². The van der Waals surface area contributed by atoms with E-state index >= 15 is 0 Å². The van der Waals surface area contributed by atoms with Crippen molar-refractivity contribution in [2.45, 2.75) is 27.0 Å². The number of aromatic amines is 1. The number of hydrogen-bond acceptors (Lipinski definition) is 6. The molecule has 0 bridgehead atoms. The molecule has 3 rings (SSSR count). The van der Waals surface area contributed by atoms with Crippen molar-refractivity contribution in [3.63, 3.8) is 0 Å². The van der Waals surface area contributed by atoms with Gasteiger partial charge >= 0.3 is 5.97 Å². The minimum absolute atomic E-state index is 0.151. The first-order valence-electron chi connectivity index (χ1n) is 8.94. The van der Waals surface area contributed by atoms with Crippen LogP contribution in [-0.4, -0.2) is 40.3 Å². The Morgan fingerprint density at radius 3 is 2.59 bits per heavy atom. The van der Waals surface area contributed by atoms with Crippen molar-refractivity contribution < 1.29 is 19.4 Å². The van der Waals surface area contributed by atoms with Gasteiger partial charge in [0.05, 0.1) is 12.7 Å². The highest BCUT2D eigenvalue weighted by molar-refractivity contribution is 5.94. The Bertz CT molecular complexity index is 1020. The van der Waals surface area contributed by atoms with E-state index < -0.39 is 17.6 Å². The summed E-state index contributed by atoms with van der Waals surface area (Å²) in [7, 11) is 1.32. The molecule has 0 spiro atoms. The molecular formula is C21H22N4O4. The summed E-state index contributed by atoms with van der Waals surface area (Å²) in [6.45, 7) is 5.44. The Morgan fingerprint density at radius 2 is 1.97 bits per heavy atom. The van der Waals surface area contributed by atoms with Gasteiger partial charge in [-0.1, -0.05) is 20.8 Å². The molecule has 2 aromatic rings. The summed E-state index contributed by atoms with van der Waals surface area (Å²) in [6, 6.07) is 11.1. The van der Waals surface area contributed by atoms with Crippen LogP contribution in [0.1, 0.15) is 48.5 Å². The van der Waals surface area contributed by atoms with E-state index in [1.807, 2.05) is 20.8 Å². The minimum atomic E-state index is -1.04. The first-order valence-corrected chi connectivity index (χ1v) is 8.94. The molecule has 150 valence electrons. The van der Waals surface area contributed by atoms with Gasteiger partial charge in [-0.2, -0.15) is 0 Å². The van der Waals surface area contributed by atoms with Gasteiger partial charge < -0.3 is 20.1 Å². The second-order valence-corrected chi connectivity index (χ2v) is 7.52. The first-order chi connectivity index (χ1) is 13.7. The number of H-pyrrole nitrogens is 1. The number of esters is 1. The maximum Gasteiger partial charge on any atom is 0.337 e. The number of methoxy groups -OCH3 is 1. The topological polar surface area (TPSA) is 107 Å². The van der Waals surface area contributed by atoms with Crippen LogP contribution in [0.25, 0.3) is 0 Å². The fourth-order valence-corrected chi connectivity index (χ4v) is 2.50. The van der Waals surface area contributed by atoms with Crippen molar-refractivity contribution in [2.75, 3.05) is 12.4 Å². The number of aromatic nitrogens is 1. The molecule has 1 aliphatic rings. The number of aliphatic hydroxyl groups excluding tert-OH is 1. The highest BCUT2D eigenvalue weighted by Crippen LogP contribution is 2.33. The SMILES string of the molecule is COC(=O)c1ccc(C#CN2C=Nc3[nH]c(NC(=O)C(C)(C)C)cc3C2O)cc1. The maximum atomic E-state index is 12.1. The third kappa shape index (κ3) is 4.47. The second-order valence-electron chi connectivity index (χ2n) is 7.52. The van der Waals surface area contributed by atoms with Gasteiger partial charge in [-0.25, -0.2) is 9.79 Å². The first kappa shape index (κ1) is 20.2. The number of nitrogens with zero attached hydrogens (tertiary/aromatic N) is 2. The van der Waals surface area contributed by atoms with Gasteiger partial charge in [0.2, 0.25) is 5.91 Å². The Hall–Kier alpha value is -3.57. The third-order valence-corrected chi connectivity index (χ3v) is 4.24. The molecule has 1 amide bonds. The lowest BCUT2D eigenvalue weighted by molar-refractivity contribution is -0.123. The van der Waals surface area contributed by atoms with Crippen molar-refractivity contribution in [3.8, 4) is 12.0 Å². The number of anilines is 1. The number of hydrogen-bond donors (Lipinski definition) is 3. The van der Waals surface area contributed by atoms with E-state index in [0.29, 0.717) is 28.3 Å². The average molecular weight is 394 g/mol. The van der Waals surface area contributed by atoms with Crippen LogP contribution in [0.2, 0.25) is 0 Å². The number of aliphatic imine (C=N–C) groups is 1. The van der Waals surface area contributed by atoms with E-state index in [9.17, 15) is 14.7 Å². The van der Waals surface area contributed by atoms with E-state index in [4.69, 9.17) is 0 Å². The Labute approximate surface area is 168 Å². The van der Waals surface area contributed by atoms with Crippen molar-refractivity contribution in [3.05, 3.63) is 47.0 Å². The van der Waals surface area contributed by atoms with Crippen LogP contribution in [0.3, 0.4) is 0 Å². The Kier molecular flexibility index (Phi) is 5.43. The summed E-state index contributed by atoms with van der Waals surface area (Å²) in [5.41, 5.74) is 1.05. The van der Waals surface area contributed by atoms with Crippen molar-refractivity contribution in [1.29, 1.82) is 0 Å². The van der Waals surface area contributed by atoms with Crippen LogP contribution in [0.15, 0.2) is 35.3 Å². The predicted octanol–water partition coefficient (Wildman–Crippen LogP) is 2.76. The molecule has 29 heavy (non-hydrogen) atoms. The fraction of sp³-hybridized carbons (Fsp3) is 0.286. The van der Waals surface area contributed by atoms with Crippen molar-refractivity contribution in [2.24, 2.45) is 10.4 Å². The van der Waals surface area contributed by atoms with E-state index in [-0.39, 0.29) is 5.91 Å². The number of rotatable bonds is 2. The molecule has 3 N–H and O–H groups in total. The van der Waals surface area contributed by atoms with Gasteiger partial charge in [-0.05, 0) is 36.3 Å². The number of fused-ring (bicyclic) bond motifs is 1. The van der Waals surface area contributed by atoms with Crippen LogP contribution in [0.4, 0.5) is 11.6 Å². The molecule has 8 nitrogen and oxygen atoms in total. The monoisotopic (exact) mass is 394 g/mol. The molecule has 0 aliphatic carbocycles. The summed E-state index contributed by atoms with van der Waals surface area (Å²) in [5.74, 6) is 3.26. The highest BCUT2D eigenvalue weighted by Gasteiger charge is 2.26. The summed E-state index contributed by atoms with van der Waals surface area (Å²) < 4.78 is 4.66. The number of benzene rings is 1. The predicted molar refractivity (Wildman–Crippen MR) is 108 cm³/mol. The molecule has 1 atom stereocenters. The van der Waals surface area contributed by atoms with Crippen LogP contribution >= 0.6 is 0 Å². The quantitative estimate of drug-likeness (QED) is 0.536. The molecule has 8 heteroatoms. The molecule has 1 aliphatic heterocycles. The smallest absolute Gasteiger partial charge is 0.337 e. The molecule has 1 unspecified atom stereocenters. The minimum Gasteiger partial charge on any atom is -0.465 e. The average Bonchev–Trinajstić information content (AvgIpc) is 3.10. The number of carbonyl (C=O) groups excluding carboxylic acids is 2. The van der Waals surface area contributed by atoms with E-state index in [2.05, 4.69) is 32.0 Å². The van der Waals surface area contributed by atoms with Crippen molar-refractivity contribution >= 4 is 29.9 Å².